The lowest BCUT2D eigenvalue weighted by Gasteiger charge is -2.25. The zero-order valence-electron chi connectivity index (χ0n) is 18.5. The highest BCUT2D eigenvalue weighted by Crippen LogP contribution is 2.31. The molecule has 1 N–H and O–H groups in total. The molecule has 1 saturated heterocycles. The summed E-state index contributed by atoms with van der Waals surface area (Å²) < 4.78 is 2.30. The van der Waals surface area contributed by atoms with E-state index in [1.807, 2.05) is 13.3 Å². The van der Waals surface area contributed by atoms with Crippen molar-refractivity contribution in [2.45, 2.75) is 25.6 Å². The van der Waals surface area contributed by atoms with Gasteiger partial charge < -0.3 is 14.6 Å². The highest BCUT2D eigenvalue weighted by Gasteiger charge is 2.21. The summed E-state index contributed by atoms with van der Waals surface area (Å²) in [6.45, 7) is 5.55. The first-order chi connectivity index (χ1) is 15.7. The number of rotatable bonds is 5. The average molecular weight is 427 g/mol. The van der Waals surface area contributed by atoms with E-state index < -0.39 is 6.23 Å². The standard InChI is InChI=1S/C27H30N4O/c1-21(32)29-15-8-16-30(18-17-29)24-13-14-25-26(19-24)31(20-28-25)27(22-9-4-2-5-10-22)23-11-6-3-7-12-23/h2-7,9-14,19-21,27,32H,8,15-18H2,1H3. The number of anilines is 1. The highest BCUT2D eigenvalue weighted by molar-refractivity contribution is 5.80. The van der Waals surface area contributed by atoms with Crippen molar-refractivity contribution in [1.82, 2.24) is 14.5 Å². The summed E-state index contributed by atoms with van der Waals surface area (Å²) >= 11 is 0. The Labute approximate surface area is 189 Å². The quantitative estimate of drug-likeness (QED) is 0.509. The van der Waals surface area contributed by atoms with Crippen LogP contribution in [0.1, 0.15) is 30.5 Å². The molecule has 3 aromatic carbocycles. The molecule has 5 heteroatoms. The lowest BCUT2D eigenvalue weighted by Crippen LogP contribution is -2.36. The van der Waals surface area contributed by atoms with Gasteiger partial charge in [-0.2, -0.15) is 0 Å². The van der Waals surface area contributed by atoms with Gasteiger partial charge in [0.05, 0.1) is 23.4 Å². The first-order valence-corrected chi connectivity index (χ1v) is 11.4. The summed E-state index contributed by atoms with van der Waals surface area (Å²) in [4.78, 5) is 9.31. The Morgan fingerprint density at radius 2 is 1.50 bits per heavy atom. The Hall–Kier alpha value is -3.15. The Morgan fingerprint density at radius 1 is 0.812 bits per heavy atom. The topological polar surface area (TPSA) is 44.5 Å². The lowest BCUT2D eigenvalue weighted by molar-refractivity contribution is 0.0239. The molecule has 4 aromatic rings. The summed E-state index contributed by atoms with van der Waals surface area (Å²) in [7, 11) is 0. The molecule has 1 aliphatic rings. The third kappa shape index (κ3) is 4.14. The summed E-state index contributed by atoms with van der Waals surface area (Å²) in [5.74, 6) is 0. The van der Waals surface area contributed by atoms with E-state index >= 15 is 0 Å². The second-order valence-electron chi connectivity index (χ2n) is 8.56. The predicted octanol–water partition coefficient (Wildman–Crippen LogP) is 4.52. The van der Waals surface area contributed by atoms with Gasteiger partial charge in [0.15, 0.2) is 0 Å². The second-order valence-corrected chi connectivity index (χ2v) is 8.56. The molecule has 0 saturated carbocycles. The minimum Gasteiger partial charge on any atom is -0.379 e. The van der Waals surface area contributed by atoms with Crippen LogP contribution < -0.4 is 4.90 Å². The van der Waals surface area contributed by atoms with Gasteiger partial charge in [-0.05, 0) is 42.7 Å². The van der Waals surface area contributed by atoms with E-state index in [-0.39, 0.29) is 6.04 Å². The van der Waals surface area contributed by atoms with E-state index in [0.717, 1.165) is 43.6 Å². The number of fused-ring (bicyclic) bond motifs is 1. The third-order valence-corrected chi connectivity index (χ3v) is 6.49. The molecule has 5 rings (SSSR count). The average Bonchev–Trinajstić information content (AvgIpc) is 3.07. The Bertz CT molecular complexity index is 1120. The maximum absolute atomic E-state index is 9.98. The van der Waals surface area contributed by atoms with E-state index in [4.69, 9.17) is 4.98 Å². The largest absolute Gasteiger partial charge is 0.379 e. The SMILES string of the molecule is CC(O)N1CCCN(c2ccc3ncn(C(c4ccccc4)c4ccccc4)c3c2)CC1. The van der Waals surface area contributed by atoms with Crippen LogP contribution in [0.3, 0.4) is 0 Å². The summed E-state index contributed by atoms with van der Waals surface area (Å²) in [6.07, 6.45) is 2.62. The summed E-state index contributed by atoms with van der Waals surface area (Å²) in [5, 5.41) is 9.98. The fourth-order valence-electron chi connectivity index (χ4n) is 4.77. The van der Waals surface area contributed by atoms with Gasteiger partial charge in [0.25, 0.3) is 0 Å². The molecular formula is C27H30N4O. The van der Waals surface area contributed by atoms with Gasteiger partial charge in [0, 0.05) is 31.9 Å². The van der Waals surface area contributed by atoms with Crippen molar-refractivity contribution < 1.29 is 5.11 Å². The van der Waals surface area contributed by atoms with Crippen LogP contribution >= 0.6 is 0 Å². The first-order valence-electron chi connectivity index (χ1n) is 11.4. The first kappa shape index (κ1) is 20.7. The van der Waals surface area contributed by atoms with Crippen molar-refractivity contribution in [1.29, 1.82) is 0 Å². The Kier molecular flexibility index (Phi) is 5.93. The number of imidazole rings is 1. The third-order valence-electron chi connectivity index (χ3n) is 6.49. The van der Waals surface area contributed by atoms with Crippen LogP contribution in [0.4, 0.5) is 5.69 Å². The van der Waals surface area contributed by atoms with Crippen LogP contribution in [0, 0.1) is 0 Å². The number of hydrogen-bond donors (Lipinski definition) is 1. The zero-order valence-corrected chi connectivity index (χ0v) is 18.5. The maximum Gasteiger partial charge on any atom is 0.104 e. The number of hydrogen-bond acceptors (Lipinski definition) is 4. The van der Waals surface area contributed by atoms with Crippen molar-refractivity contribution in [3.8, 4) is 0 Å². The van der Waals surface area contributed by atoms with E-state index in [0.29, 0.717) is 0 Å². The molecule has 0 spiro atoms. The molecule has 164 valence electrons. The molecule has 1 atom stereocenters. The van der Waals surface area contributed by atoms with E-state index in [2.05, 4.69) is 93.2 Å². The van der Waals surface area contributed by atoms with E-state index in [1.165, 1.54) is 16.8 Å². The Balaban J connectivity index is 1.54. The van der Waals surface area contributed by atoms with Crippen molar-refractivity contribution in [2.24, 2.45) is 0 Å². The van der Waals surface area contributed by atoms with Crippen molar-refractivity contribution in [3.05, 3.63) is 96.3 Å². The molecule has 0 amide bonds. The minimum atomic E-state index is -0.392. The highest BCUT2D eigenvalue weighted by atomic mass is 16.3. The fourth-order valence-corrected chi connectivity index (χ4v) is 4.77. The van der Waals surface area contributed by atoms with Gasteiger partial charge in [0.1, 0.15) is 6.23 Å². The van der Waals surface area contributed by atoms with Crippen LogP contribution in [-0.2, 0) is 0 Å². The number of aliphatic hydroxyl groups is 1. The lowest BCUT2D eigenvalue weighted by atomic mass is 9.98. The van der Waals surface area contributed by atoms with E-state index in [1.54, 1.807) is 0 Å². The molecule has 5 nitrogen and oxygen atoms in total. The number of aliphatic hydroxyl groups excluding tert-OH is 1. The van der Waals surface area contributed by atoms with Crippen molar-refractivity contribution in [3.63, 3.8) is 0 Å². The van der Waals surface area contributed by atoms with Gasteiger partial charge >= 0.3 is 0 Å². The van der Waals surface area contributed by atoms with Gasteiger partial charge in [-0.1, -0.05) is 60.7 Å². The molecule has 1 aromatic heterocycles. The van der Waals surface area contributed by atoms with Crippen molar-refractivity contribution in [2.75, 3.05) is 31.1 Å². The van der Waals surface area contributed by atoms with Crippen molar-refractivity contribution >= 4 is 16.7 Å². The normalized spacial score (nSPS) is 16.4. The molecule has 1 unspecified atom stereocenters. The number of aromatic nitrogens is 2. The number of benzene rings is 3. The number of nitrogens with zero attached hydrogens (tertiary/aromatic N) is 4. The molecule has 2 heterocycles. The van der Waals surface area contributed by atoms with Crippen LogP contribution in [-0.4, -0.2) is 52.0 Å². The van der Waals surface area contributed by atoms with Gasteiger partial charge in [0.2, 0.25) is 0 Å². The minimum absolute atomic E-state index is 0.0625. The molecule has 0 radical (unpaired) electrons. The molecule has 1 aliphatic heterocycles. The van der Waals surface area contributed by atoms with Crippen LogP contribution in [0.15, 0.2) is 85.2 Å². The monoisotopic (exact) mass is 426 g/mol. The molecular weight excluding hydrogens is 396 g/mol. The fraction of sp³-hybridized carbons (Fsp3) is 0.296. The van der Waals surface area contributed by atoms with Gasteiger partial charge in [-0.15, -0.1) is 0 Å². The molecule has 32 heavy (non-hydrogen) atoms. The van der Waals surface area contributed by atoms with Gasteiger partial charge in [-0.3, -0.25) is 4.90 Å². The molecule has 0 aliphatic carbocycles. The van der Waals surface area contributed by atoms with Crippen LogP contribution in [0.2, 0.25) is 0 Å². The smallest absolute Gasteiger partial charge is 0.104 e. The Morgan fingerprint density at radius 3 is 2.16 bits per heavy atom. The molecule has 1 fully saturated rings. The zero-order chi connectivity index (χ0) is 21.9. The summed E-state index contributed by atoms with van der Waals surface area (Å²) in [5.41, 5.74) is 5.84. The van der Waals surface area contributed by atoms with Crippen LogP contribution in [0.25, 0.3) is 11.0 Å². The van der Waals surface area contributed by atoms with Crippen LogP contribution in [0.5, 0.6) is 0 Å². The van der Waals surface area contributed by atoms with E-state index in [9.17, 15) is 5.11 Å². The predicted molar refractivity (Wildman–Crippen MR) is 130 cm³/mol. The summed E-state index contributed by atoms with van der Waals surface area (Å²) in [6, 6.07) is 27.9. The maximum atomic E-state index is 9.98. The second kappa shape index (κ2) is 9.15. The van der Waals surface area contributed by atoms with Gasteiger partial charge in [-0.25, -0.2) is 4.98 Å². The molecule has 0 bridgehead atoms.